The Kier molecular flexibility index (Phi) is 2.52. The van der Waals surface area contributed by atoms with Gasteiger partial charge in [0.15, 0.2) is 0 Å². The van der Waals surface area contributed by atoms with Crippen molar-refractivity contribution in [3.63, 3.8) is 0 Å². The highest BCUT2D eigenvalue weighted by molar-refractivity contribution is 5.85. The summed E-state index contributed by atoms with van der Waals surface area (Å²) >= 11 is 0. The number of benzene rings is 1. The molecule has 16 heavy (non-hydrogen) atoms. The maximum atomic E-state index is 13.6. The molecule has 0 bridgehead atoms. The number of aryl methyl sites for hydroxylation is 2. The molecule has 3 nitrogen and oxygen atoms in total. The van der Waals surface area contributed by atoms with Gasteiger partial charge in [0.05, 0.1) is 5.52 Å². The largest absolute Gasteiger partial charge is 0.298 e. The standard InChI is InChI=1S/C12H14FN3/c1-7-4-5-10(13)9-6-8(2)12(16(3)14)15-11(7)9/h4-6H,14H2,1-3H3. The van der Waals surface area contributed by atoms with Gasteiger partial charge in [-0.2, -0.15) is 0 Å². The van der Waals surface area contributed by atoms with E-state index in [1.165, 1.54) is 11.1 Å². The first kappa shape index (κ1) is 10.8. The number of hydrazine groups is 1. The zero-order valence-corrected chi connectivity index (χ0v) is 9.58. The monoisotopic (exact) mass is 219 g/mol. The number of nitrogens with two attached hydrogens (primary N) is 1. The molecule has 1 heterocycles. The van der Waals surface area contributed by atoms with Crippen molar-refractivity contribution in [3.8, 4) is 0 Å². The number of anilines is 1. The predicted molar refractivity (Wildman–Crippen MR) is 63.8 cm³/mol. The minimum Gasteiger partial charge on any atom is -0.298 e. The first-order valence-corrected chi connectivity index (χ1v) is 5.05. The molecule has 84 valence electrons. The summed E-state index contributed by atoms with van der Waals surface area (Å²) in [6.45, 7) is 3.78. The van der Waals surface area contributed by atoms with Gasteiger partial charge in [0, 0.05) is 12.4 Å². The maximum absolute atomic E-state index is 13.6. The van der Waals surface area contributed by atoms with Crippen molar-refractivity contribution in [3.05, 3.63) is 35.1 Å². The number of aromatic nitrogens is 1. The molecule has 0 atom stereocenters. The average Bonchev–Trinajstić information content (AvgIpc) is 2.23. The molecule has 0 unspecified atom stereocenters. The van der Waals surface area contributed by atoms with Crippen LogP contribution in [0.2, 0.25) is 0 Å². The molecule has 1 aromatic heterocycles. The lowest BCUT2D eigenvalue weighted by Gasteiger charge is -2.15. The highest BCUT2D eigenvalue weighted by Gasteiger charge is 2.10. The van der Waals surface area contributed by atoms with E-state index in [0.717, 1.165) is 11.1 Å². The normalized spacial score (nSPS) is 10.8. The molecular formula is C12H14FN3. The Hall–Kier alpha value is -1.68. The number of rotatable bonds is 1. The lowest BCUT2D eigenvalue weighted by molar-refractivity contribution is 0.639. The first-order valence-electron chi connectivity index (χ1n) is 5.05. The van der Waals surface area contributed by atoms with Gasteiger partial charge in [0.2, 0.25) is 0 Å². The van der Waals surface area contributed by atoms with E-state index in [0.29, 0.717) is 16.7 Å². The minimum atomic E-state index is -0.248. The van der Waals surface area contributed by atoms with Crippen LogP contribution in [-0.2, 0) is 0 Å². The van der Waals surface area contributed by atoms with Crippen LogP contribution < -0.4 is 10.9 Å². The van der Waals surface area contributed by atoms with Gasteiger partial charge in [0.25, 0.3) is 0 Å². The fraction of sp³-hybridized carbons (Fsp3) is 0.250. The second kappa shape index (κ2) is 3.72. The van der Waals surface area contributed by atoms with E-state index in [1.807, 2.05) is 13.8 Å². The van der Waals surface area contributed by atoms with Crippen LogP contribution in [0.5, 0.6) is 0 Å². The SMILES string of the molecule is Cc1cc2c(F)ccc(C)c2nc1N(C)N. The maximum Gasteiger partial charge on any atom is 0.145 e. The molecule has 0 aliphatic carbocycles. The van der Waals surface area contributed by atoms with Crippen molar-refractivity contribution in [2.24, 2.45) is 5.84 Å². The molecule has 0 saturated heterocycles. The van der Waals surface area contributed by atoms with Gasteiger partial charge in [-0.15, -0.1) is 0 Å². The van der Waals surface area contributed by atoms with Crippen molar-refractivity contribution in [2.75, 3.05) is 12.1 Å². The molecule has 1 aromatic carbocycles. The van der Waals surface area contributed by atoms with E-state index in [2.05, 4.69) is 4.98 Å². The van der Waals surface area contributed by atoms with E-state index >= 15 is 0 Å². The van der Waals surface area contributed by atoms with Crippen LogP contribution in [0.3, 0.4) is 0 Å². The number of halogens is 1. The van der Waals surface area contributed by atoms with Gasteiger partial charge in [-0.3, -0.25) is 5.01 Å². The lowest BCUT2D eigenvalue weighted by Crippen LogP contribution is -2.27. The van der Waals surface area contributed by atoms with Gasteiger partial charge in [0.1, 0.15) is 11.6 Å². The van der Waals surface area contributed by atoms with Crippen molar-refractivity contribution in [1.29, 1.82) is 0 Å². The van der Waals surface area contributed by atoms with E-state index < -0.39 is 0 Å². The predicted octanol–water partition coefficient (Wildman–Crippen LogP) is 2.30. The number of nitrogens with zero attached hydrogens (tertiary/aromatic N) is 2. The van der Waals surface area contributed by atoms with E-state index in [1.54, 1.807) is 19.2 Å². The molecule has 2 aromatic rings. The van der Waals surface area contributed by atoms with Crippen LogP contribution in [0.15, 0.2) is 18.2 Å². The van der Waals surface area contributed by atoms with Crippen molar-refractivity contribution >= 4 is 16.7 Å². The number of fused-ring (bicyclic) bond motifs is 1. The lowest BCUT2D eigenvalue weighted by atomic mass is 10.1. The third kappa shape index (κ3) is 1.61. The van der Waals surface area contributed by atoms with Gasteiger partial charge in [-0.1, -0.05) is 6.07 Å². The summed E-state index contributed by atoms with van der Waals surface area (Å²) in [6, 6.07) is 4.97. The molecule has 2 rings (SSSR count). The van der Waals surface area contributed by atoms with Crippen LogP contribution in [-0.4, -0.2) is 12.0 Å². The fourth-order valence-corrected chi connectivity index (χ4v) is 1.81. The summed E-state index contributed by atoms with van der Waals surface area (Å²) < 4.78 is 13.6. The summed E-state index contributed by atoms with van der Waals surface area (Å²) in [5, 5.41) is 1.99. The summed E-state index contributed by atoms with van der Waals surface area (Å²) in [7, 11) is 1.72. The van der Waals surface area contributed by atoms with E-state index in [9.17, 15) is 4.39 Å². The van der Waals surface area contributed by atoms with Gasteiger partial charge >= 0.3 is 0 Å². The zero-order valence-electron chi connectivity index (χ0n) is 9.58. The molecule has 0 aliphatic heterocycles. The number of hydrogen-bond acceptors (Lipinski definition) is 3. The van der Waals surface area contributed by atoms with Crippen LogP contribution in [0, 0.1) is 19.7 Å². The molecular weight excluding hydrogens is 205 g/mol. The van der Waals surface area contributed by atoms with Crippen LogP contribution in [0.25, 0.3) is 10.9 Å². The Labute approximate surface area is 93.7 Å². The van der Waals surface area contributed by atoms with E-state index in [4.69, 9.17) is 5.84 Å². The average molecular weight is 219 g/mol. The van der Waals surface area contributed by atoms with Crippen molar-refractivity contribution in [1.82, 2.24) is 4.98 Å². The number of pyridine rings is 1. The fourth-order valence-electron chi connectivity index (χ4n) is 1.81. The first-order chi connectivity index (χ1) is 7.50. The van der Waals surface area contributed by atoms with Crippen LogP contribution in [0.1, 0.15) is 11.1 Å². The molecule has 0 fully saturated rings. The third-order valence-electron chi connectivity index (χ3n) is 2.63. The molecule has 0 aliphatic rings. The van der Waals surface area contributed by atoms with Gasteiger partial charge < -0.3 is 0 Å². The highest BCUT2D eigenvalue weighted by atomic mass is 19.1. The van der Waals surface area contributed by atoms with Crippen molar-refractivity contribution in [2.45, 2.75) is 13.8 Å². The second-order valence-corrected chi connectivity index (χ2v) is 4.00. The molecule has 0 radical (unpaired) electrons. The molecule has 4 heteroatoms. The second-order valence-electron chi connectivity index (χ2n) is 4.00. The summed E-state index contributed by atoms with van der Waals surface area (Å²) in [5.74, 6) is 6.09. The third-order valence-corrected chi connectivity index (χ3v) is 2.63. The Morgan fingerprint density at radius 3 is 2.56 bits per heavy atom. The molecule has 0 spiro atoms. The smallest absolute Gasteiger partial charge is 0.145 e. The Balaban J connectivity index is 2.84. The summed E-state index contributed by atoms with van der Waals surface area (Å²) in [5.41, 5.74) is 2.47. The van der Waals surface area contributed by atoms with Crippen LogP contribution >= 0.6 is 0 Å². The molecule has 0 amide bonds. The quantitative estimate of drug-likeness (QED) is 0.591. The summed E-state index contributed by atoms with van der Waals surface area (Å²) in [6.07, 6.45) is 0. The Bertz CT molecular complexity index is 549. The van der Waals surface area contributed by atoms with E-state index in [-0.39, 0.29) is 5.82 Å². The van der Waals surface area contributed by atoms with Gasteiger partial charge in [-0.25, -0.2) is 15.2 Å². The Morgan fingerprint density at radius 1 is 1.25 bits per heavy atom. The Morgan fingerprint density at radius 2 is 1.94 bits per heavy atom. The molecule has 0 saturated carbocycles. The minimum absolute atomic E-state index is 0.248. The highest BCUT2D eigenvalue weighted by Crippen LogP contribution is 2.25. The number of hydrogen-bond donors (Lipinski definition) is 1. The summed E-state index contributed by atoms with van der Waals surface area (Å²) in [4.78, 5) is 4.40. The van der Waals surface area contributed by atoms with Crippen molar-refractivity contribution < 1.29 is 4.39 Å². The molecule has 2 N–H and O–H groups in total. The van der Waals surface area contributed by atoms with Crippen LogP contribution in [0.4, 0.5) is 10.2 Å². The van der Waals surface area contributed by atoms with Gasteiger partial charge in [-0.05, 0) is 37.1 Å². The zero-order chi connectivity index (χ0) is 11.9. The topological polar surface area (TPSA) is 42.2 Å².